The Kier molecular flexibility index (Phi) is 6.82. The monoisotopic (exact) mass is 328 g/mol. The van der Waals surface area contributed by atoms with E-state index in [2.05, 4.69) is 33.0 Å². The van der Waals surface area contributed by atoms with Crippen LogP contribution in [0, 0.1) is 0 Å². The van der Waals surface area contributed by atoms with E-state index in [1.54, 1.807) is 30.2 Å². The fraction of sp³-hybridized carbons (Fsp3) is 0.353. The maximum Gasteiger partial charge on any atom is 0.246 e. The molecule has 2 aromatic rings. The second kappa shape index (κ2) is 9.34. The lowest BCUT2D eigenvalue weighted by Crippen LogP contribution is -2.37. The molecule has 0 unspecified atom stereocenters. The topological polar surface area (TPSA) is 83.3 Å². The maximum atomic E-state index is 12.0. The Morgan fingerprint density at radius 2 is 2.17 bits per heavy atom. The lowest BCUT2D eigenvalue weighted by Gasteiger charge is -2.12. The highest BCUT2D eigenvalue weighted by Crippen LogP contribution is 2.10. The van der Waals surface area contributed by atoms with Crippen LogP contribution in [0.1, 0.15) is 18.9 Å². The van der Waals surface area contributed by atoms with Crippen molar-refractivity contribution in [1.29, 1.82) is 0 Å². The second-order valence-corrected chi connectivity index (χ2v) is 5.30. The minimum absolute atomic E-state index is 0.107. The molecule has 0 aliphatic heterocycles. The number of carbonyl (C=O) groups excluding carboxylic acids is 1. The number of rotatable bonds is 7. The van der Waals surface area contributed by atoms with E-state index in [-0.39, 0.29) is 12.5 Å². The lowest BCUT2D eigenvalue weighted by atomic mass is 10.2. The molecule has 2 rings (SSSR count). The Labute approximate surface area is 142 Å². The number of guanidine groups is 1. The van der Waals surface area contributed by atoms with Crippen LogP contribution < -0.4 is 16.0 Å². The van der Waals surface area contributed by atoms with E-state index in [4.69, 9.17) is 0 Å². The van der Waals surface area contributed by atoms with Gasteiger partial charge in [-0.1, -0.05) is 19.1 Å². The van der Waals surface area contributed by atoms with Crippen LogP contribution in [0.25, 0.3) is 0 Å². The highest BCUT2D eigenvalue weighted by Gasteiger charge is 2.05. The number of benzene rings is 1. The molecule has 1 heterocycles. The summed E-state index contributed by atoms with van der Waals surface area (Å²) in [4.78, 5) is 16.2. The molecule has 0 radical (unpaired) electrons. The van der Waals surface area contributed by atoms with Crippen LogP contribution in [0.3, 0.4) is 0 Å². The van der Waals surface area contributed by atoms with E-state index in [9.17, 15) is 4.79 Å². The number of nitrogens with zero attached hydrogens (tertiary/aromatic N) is 3. The van der Waals surface area contributed by atoms with E-state index >= 15 is 0 Å². The first kappa shape index (κ1) is 17.5. The highest BCUT2D eigenvalue weighted by molar-refractivity contribution is 5.90. The number of carbonyl (C=O) groups is 1. The van der Waals surface area contributed by atoms with E-state index in [0.29, 0.717) is 6.54 Å². The molecule has 0 saturated carbocycles. The average molecular weight is 328 g/mol. The van der Waals surface area contributed by atoms with E-state index in [1.165, 1.54) is 0 Å². The number of amides is 1. The van der Waals surface area contributed by atoms with Crippen molar-refractivity contribution in [3.63, 3.8) is 0 Å². The van der Waals surface area contributed by atoms with Gasteiger partial charge in [0.05, 0.1) is 0 Å². The molecule has 0 bridgehead atoms. The Morgan fingerprint density at radius 1 is 1.29 bits per heavy atom. The summed E-state index contributed by atoms with van der Waals surface area (Å²) in [6.07, 6.45) is 4.45. The van der Waals surface area contributed by atoms with E-state index in [0.717, 1.165) is 30.2 Å². The summed E-state index contributed by atoms with van der Waals surface area (Å²) in [5, 5.41) is 13.4. The SMILES string of the molecule is CCCNC(=NC)NCc1cccc(NC(=O)Cn2cccn2)c1. The molecule has 0 aliphatic carbocycles. The van der Waals surface area contributed by atoms with Gasteiger partial charge in [-0.2, -0.15) is 5.10 Å². The minimum atomic E-state index is -0.107. The number of hydrogen-bond acceptors (Lipinski definition) is 3. The molecule has 7 heteroatoms. The molecule has 0 fully saturated rings. The predicted molar refractivity (Wildman–Crippen MR) is 95.8 cm³/mol. The molecule has 0 aliphatic rings. The smallest absolute Gasteiger partial charge is 0.246 e. The number of anilines is 1. The Morgan fingerprint density at radius 3 is 2.88 bits per heavy atom. The van der Waals surface area contributed by atoms with Gasteiger partial charge in [-0.15, -0.1) is 0 Å². The van der Waals surface area contributed by atoms with Crippen molar-refractivity contribution in [2.75, 3.05) is 18.9 Å². The summed E-state index contributed by atoms with van der Waals surface area (Å²) in [5.41, 5.74) is 1.83. The Balaban J connectivity index is 1.87. The van der Waals surface area contributed by atoms with Gasteiger partial charge in [-0.3, -0.25) is 14.5 Å². The fourth-order valence-electron chi connectivity index (χ4n) is 2.15. The molecule has 1 aromatic heterocycles. The van der Waals surface area contributed by atoms with Crippen LogP contribution >= 0.6 is 0 Å². The van der Waals surface area contributed by atoms with Crippen LogP contribution in [0.2, 0.25) is 0 Å². The third kappa shape index (κ3) is 5.75. The van der Waals surface area contributed by atoms with Crippen LogP contribution in [0.4, 0.5) is 5.69 Å². The van der Waals surface area contributed by atoms with Gasteiger partial charge in [0.25, 0.3) is 0 Å². The van der Waals surface area contributed by atoms with Crippen molar-refractivity contribution in [2.45, 2.75) is 26.4 Å². The molecule has 24 heavy (non-hydrogen) atoms. The summed E-state index contributed by atoms with van der Waals surface area (Å²) in [5.74, 6) is 0.661. The van der Waals surface area contributed by atoms with Crippen molar-refractivity contribution in [3.05, 3.63) is 48.3 Å². The van der Waals surface area contributed by atoms with Gasteiger partial charge in [0, 0.05) is 38.2 Å². The van der Waals surface area contributed by atoms with Gasteiger partial charge < -0.3 is 16.0 Å². The number of nitrogens with one attached hydrogen (secondary N) is 3. The third-order valence-corrected chi connectivity index (χ3v) is 3.30. The fourth-order valence-corrected chi connectivity index (χ4v) is 2.15. The number of aromatic nitrogens is 2. The van der Waals surface area contributed by atoms with Crippen LogP contribution in [-0.4, -0.2) is 35.2 Å². The third-order valence-electron chi connectivity index (χ3n) is 3.30. The van der Waals surface area contributed by atoms with E-state index < -0.39 is 0 Å². The summed E-state index contributed by atoms with van der Waals surface area (Å²) < 4.78 is 1.59. The zero-order valence-corrected chi connectivity index (χ0v) is 14.1. The van der Waals surface area contributed by atoms with Gasteiger partial charge in [0.2, 0.25) is 5.91 Å². The molecular formula is C17H24N6O. The quantitative estimate of drug-likeness (QED) is 0.532. The first-order valence-electron chi connectivity index (χ1n) is 8.02. The number of hydrogen-bond donors (Lipinski definition) is 3. The molecule has 3 N–H and O–H groups in total. The molecular weight excluding hydrogens is 304 g/mol. The van der Waals surface area contributed by atoms with Gasteiger partial charge >= 0.3 is 0 Å². The van der Waals surface area contributed by atoms with Crippen molar-refractivity contribution in [1.82, 2.24) is 20.4 Å². The molecule has 128 valence electrons. The molecule has 7 nitrogen and oxygen atoms in total. The molecule has 1 amide bonds. The van der Waals surface area contributed by atoms with Crippen molar-refractivity contribution in [3.8, 4) is 0 Å². The van der Waals surface area contributed by atoms with Crippen LogP contribution in [0.5, 0.6) is 0 Å². The molecule has 0 spiro atoms. The van der Waals surface area contributed by atoms with Crippen molar-refractivity contribution < 1.29 is 4.79 Å². The zero-order chi connectivity index (χ0) is 17.2. The summed E-state index contributed by atoms with van der Waals surface area (Å²) in [7, 11) is 1.75. The normalized spacial score (nSPS) is 11.2. The van der Waals surface area contributed by atoms with Gasteiger partial charge in [-0.05, 0) is 30.2 Å². The second-order valence-electron chi connectivity index (χ2n) is 5.30. The Hall–Kier alpha value is -2.83. The molecule has 0 atom stereocenters. The van der Waals surface area contributed by atoms with Crippen LogP contribution in [-0.2, 0) is 17.9 Å². The van der Waals surface area contributed by atoms with Gasteiger partial charge in [0.15, 0.2) is 5.96 Å². The minimum Gasteiger partial charge on any atom is -0.356 e. The largest absolute Gasteiger partial charge is 0.356 e. The summed E-state index contributed by atoms with van der Waals surface area (Å²) in [6, 6.07) is 9.53. The van der Waals surface area contributed by atoms with E-state index in [1.807, 2.05) is 24.3 Å². The first-order valence-corrected chi connectivity index (χ1v) is 8.02. The van der Waals surface area contributed by atoms with Gasteiger partial charge in [0.1, 0.15) is 6.54 Å². The summed E-state index contributed by atoms with van der Waals surface area (Å²) >= 11 is 0. The van der Waals surface area contributed by atoms with Crippen LogP contribution in [0.15, 0.2) is 47.7 Å². The van der Waals surface area contributed by atoms with Crippen molar-refractivity contribution in [2.24, 2.45) is 4.99 Å². The lowest BCUT2D eigenvalue weighted by molar-refractivity contribution is -0.116. The predicted octanol–water partition coefficient (Wildman–Crippen LogP) is 1.60. The standard InChI is InChI=1S/C17H24N6O/c1-3-8-19-17(18-2)20-12-14-6-4-7-15(11-14)22-16(24)13-23-10-5-9-21-23/h4-7,9-11H,3,8,12-13H2,1-2H3,(H,22,24)(H2,18,19,20). The number of aliphatic imine (C=N–C) groups is 1. The molecule has 1 aromatic carbocycles. The van der Waals surface area contributed by atoms with Crippen molar-refractivity contribution >= 4 is 17.6 Å². The maximum absolute atomic E-state index is 12.0. The first-order chi connectivity index (χ1) is 11.7. The Bertz CT molecular complexity index is 665. The zero-order valence-electron chi connectivity index (χ0n) is 14.1. The van der Waals surface area contributed by atoms with Gasteiger partial charge in [-0.25, -0.2) is 0 Å². The molecule has 0 saturated heterocycles. The highest BCUT2D eigenvalue weighted by atomic mass is 16.2. The average Bonchev–Trinajstić information content (AvgIpc) is 3.08. The summed E-state index contributed by atoms with van der Waals surface area (Å²) in [6.45, 7) is 3.81.